The molecule has 0 aliphatic rings. The van der Waals surface area contributed by atoms with E-state index in [0.29, 0.717) is 12.4 Å². The summed E-state index contributed by atoms with van der Waals surface area (Å²) >= 11 is 0. The lowest BCUT2D eigenvalue weighted by molar-refractivity contribution is 0.170. The Morgan fingerprint density at radius 2 is 2.55 bits per heavy atom. The van der Waals surface area contributed by atoms with Crippen molar-refractivity contribution in [3.8, 4) is 0 Å². The van der Waals surface area contributed by atoms with E-state index < -0.39 is 6.10 Å². The summed E-state index contributed by atoms with van der Waals surface area (Å²) in [6.07, 6.45) is 0.718. The van der Waals surface area contributed by atoms with Crippen LogP contribution in [0.2, 0.25) is 0 Å². The highest BCUT2D eigenvalue weighted by Crippen LogP contribution is 2.05. The fraction of sp³-hybridized carbons (Fsp3) is 0.667. The van der Waals surface area contributed by atoms with E-state index in [0.717, 1.165) is 0 Å². The van der Waals surface area contributed by atoms with Crippen molar-refractivity contribution >= 4 is 0 Å². The fourth-order valence-corrected chi connectivity index (χ4v) is 0.880. The first-order valence-electron chi connectivity index (χ1n) is 3.55. The summed E-state index contributed by atoms with van der Waals surface area (Å²) in [7, 11) is 0. The molecule has 5 nitrogen and oxygen atoms in total. The van der Waals surface area contributed by atoms with Crippen LogP contribution in [-0.2, 0) is 6.54 Å². The maximum atomic E-state index is 9.28. The molecule has 62 valence electrons. The highest BCUT2D eigenvalue weighted by molar-refractivity contribution is 4.90. The Morgan fingerprint density at radius 3 is 3.09 bits per heavy atom. The van der Waals surface area contributed by atoms with Crippen LogP contribution in [0.5, 0.6) is 0 Å². The first-order valence-corrected chi connectivity index (χ1v) is 3.55. The van der Waals surface area contributed by atoms with E-state index >= 15 is 0 Å². The van der Waals surface area contributed by atoms with Gasteiger partial charge < -0.3 is 10.8 Å². The smallest absolute Gasteiger partial charge is 0.157 e. The van der Waals surface area contributed by atoms with Gasteiger partial charge in [0.1, 0.15) is 12.4 Å². The highest BCUT2D eigenvalue weighted by atomic mass is 16.3. The zero-order chi connectivity index (χ0) is 8.27. The molecule has 1 heterocycles. The van der Waals surface area contributed by atoms with Crippen molar-refractivity contribution in [2.24, 2.45) is 5.73 Å². The second-order valence-electron chi connectivity index (χ2n) is 2.19. The number of hydrogen-bond donors (Lipinski definition) is 2. The Kier molecular flexibility index (Phi) is 2.56. The van der Waals surface area contributed by atoms with Crippen LogP contribution in [0.15, 0.2) is 6.33 Å². The Hall–Kier alpha value is -0.940. The number of aliphatic hydroxyl groups excluding tert-OH is 1. The maximum Gasteiger partial charge on any atom is 0.157 e. The molecule has 0 aliphatic heterocycles. The minimum Gasteiger partial charge on any atom is -0.384 e. The summed E-state index contributed by atoms with van der Waals surface area (Å²) in [6.45, 7) is 2.81. The lowest BCUT2D eigenvalue weighted by Crippen LogP contribution is -2.17. The Labute approximate surface area is 64.9 Å². The summed E-state index contributed by atoms with van der Waals surface area (Å²) in [5, 5.41) is 13.2. The molecule has 0 spiro atoms. The van der Waals surface area contributed by atoms with Crippen LogP contribution >= 0.6 is 0 Å². The normalized spacial score (nSPS) is 13.4. The van der Waals surface area contributed by atoms with Crippen LogP contribution in [0, 0.1) is 0 Å². The largest absolute Gasteiger partial charge is 0.384 e. The van der Waals surface area contributed by atoms with Gasteiger partial charge in [0.05, 0.1) is 0 Å². The van der Waals surface area contributed by atoms with Gasteiger partial charge in [-0.05, 0) is 6.92 Å². The van der Waals surface area contributed by atoms with Gasteiger partial charge in [0.15, 0.2) is 5.82 Å². The molecule has 1 rings (SSSR count). The first-order chi connectivity index (χ1) is 5.29. The van der Waals surface area contributed by atoms with E-state index in [9.17, 15) is 5.11 Å². The van der Waals surface area contributed by atoms with Gasteiger partial charge in [-0.2, -0.15) is 5.10 Å². The molecule has 0 amide bonds. The lowest BCUT2D eigenvalue weighted by Gasteiger charge is -2.06. The van der Waals surface area contributed by atoms with Crippen molar-refractivity contribution in [2.45, 2.75) is 19.6 Å². The van der Waals surface area contributed by atoms with E-state index in [2.05, 4.69) is 10.1 Å². The summed E-state index contributed by atoms with van der Waals surface area (Å²) in [6, 6.07) is 0. The molecule has 3 N–H and O–H groups in total. The molecular formula is C6H12N4O. The number of rotatable bonds is 3. The average molecular weight is 156 g/mol. The van der Waals surface area contributed by atoms with Crippen molar-refractivity contribution in [3.63, 3.8) is 0 Å². The third kappa shape index (κ3) is 1.55. The van der Waals surface area contributed by atoms with Gasteiger partial charge in [-0.25, -0.2) is 9.67 Å². The van der Waals surface area contributed by atoms with Crippen LogP contribution < -0.4 is 5.73 Å². The molecule has 1 aromatic heterocycles. The molecule has 0 saturated heterocycles. The number of nitrogens with two attached hydrogens (primary N) is 1. The molecule has 0 radical (unpaired) electrons. The predicted molar refractivity (Wildman–Crippen MR) is 39.7 cm³/mol. The highest BCUT2D eigenvalue weighted by Gasteiger charge is 2.11. The van der Waals surface area contributed by atoms with Crippen LogP contribution in [0.4, 0.5) is 0 Å². The van der Waals surface area contributed by atoms with E-state index in [1.54, 1.807) is 4.68 Å². The summed E-state index contributed by atoms with van der Waals surface area (Å²) < 4.78 is 1.62. The van der Waals surface area contributed by atoms with Crippen molar-refractivity contribution in [1.82, 2.24) is 14.8 Å². The van der Waals surface area contributed by atoms with E-state index in [1.807, 2.05) is 6.92 Å². The molecule has 0 unspecified atom stereocenters. The quantitative estimate of drug-likeness (QED) is 0.606. The van der Waals surface area contributed by atoms with Gasteiger partial charge in [-0.1, -0.05) is 0 Å². The zero-order valence-electron chi connectivity index (χ0n) is 6.44. The first kappa shape index (κ1) is 8.16. The third-order valence-electron chi connectivity index (χ3n) is 1.47. The zero-order valence-corrected chi connectivity index (χ0v) is 6.44. The number of aromatic nitrogens is 3. The van der Waals surface area contributed by atoms with Gasteiger partial charge in [0, 0.05) is 13.1 Å². The molecule has 1 aromatic rings. The van der Waals surface area contributed by atoms with Crippen LogP contribution in [0.3, 0.4) is 0 Å². The van der Waals surface area contributed by atoms with Crippen molar-refractivity contribution in [1.29, 1.82) is 0 Å². The number of nitrogens with zero attached hydrogens (tertiary/aromatic N) is 3. The number of aryl methyl sites for hydroxylation is 1. The minimum atomic E-state index is -0.697. The second kappa shape index (κ2) is 3.45. The van der Waals surface area contributed by atoms with Gasteiger partial charge in [0.25, 0.3) is 0 Å². The standard InChI is InChI=1S/C6H12N4O/c1-2-10-6(5(11)3-7)8-4-9-10/h4-5,11H,2-3,7H2,1H3/t5-/m0/s1. The van der Waals surface area contributed by atoms with Gasteiger partial charge >= 0.3 is 0 Å². The number of aliphatic hydroxyl groups is 1. The van der Waals surface area contributed by atoms with E-state index in [1.165, 1.54) is 6.33 Å². The molecule has 0 aromatic carbocycles. The van der Waals surface area contributed by atoms with Gasteiger partial charge in [0.2, 0.25) is 0 Å². The maximum absolute atomic E-state index is 9.28. The van der Waals surface area contributed by atoms with Crippen LogP contribution in [-0.4, -0.2) is 26.4 Å². The molecule has 0 bridgehead atoms. The summed E-state index contributed by atoms with van der Waals surface area (Å²) in [5.41, 5.74) is 5.26. The Morgan fingerprint density at radius 1 is 1.82 bits per heavy atom. The van der Waals surface area contributed by atoms with Crippen LogP contribution in [0.25, 0.3) is 0 Å². The predicted octanol–water partition coefficient (Wildman–Crippen LogP) is -0.710. The topological polar surface area (TPSA) is 77.0 Å². The average Bonchev–Trinajstić information content (AvgIpc) is 2.50. The monoisotopic (exact) mass is 156 g/mol. The minimum absolute atomic E-state index is 0.179. The molecule has 0 aliphatic carbocycles. The molecule has 0 fully saturated rings. The summed E-state index contributed by atoms with van der Waals surface area (Å²) in [4.78, 5) is 3.88. The Balaban J connectivity index is 2.83. The third-order valence-corrected chi connectivity index (χ3v) is 1.47. The lowest BCUT2D eigenvalue weighted by atomic mass is 10.3. The molecule has 11 heavy (non-hydrogen) atoms. The van der Waals surface area contributed by atoms with Crippen LogP contribution in [0.1, 0.15) is 18.9 Å². The summed E-state index contributed by atoms with van der Waals surface area (Å²) in [5.74, 6) is 0.537. The van der Waals surface area contributed by atoms with Crippen molar-refractivity contribution < 1.29 is 5.11 Å². The number of hydrogen-bond acceptors (Lipinski definition) is 4. The van der Waals surface area contributed by atoms with Crippen molar-refractivity contribution in [3.05, 3.63) is 12.2 Å². The fourth-order valence-electron chi connectivity index (χ4n) is 0.880. The SMILES string of the molecule is CCn1ncnc1[C@@H](O)CN. The molecule has 0 saturated carbocycles. The van der Waals surface area contributed by atoms with Gasteiger partial charge in [-0.3, -0.25) is 0 Å². The second-order valence-corrected chi connectivity index (χ2v) is 2.19. The van der Waals surface area contributed by atoms with Crippen molar-refractivity contribution in [2.75, 3.05) is 6.54 Å². The molecule has 5 heteroatoms. The Bertz CT molecular complexity index is 222. The van der Waals surface area contributed by atoms with Gasteiger partial charge in [-0.15, -0.1) is 0 Å². The molecular weight excluding hydrogens is 144 g/mol. The van der Waals surface area contributed by atoms with E-state index in [-0.39, 0.29) is 6.54 Å². The van der Waals surface area contributed by atoms with E-state index in [4.69, 9.17) is 5.73 Å². The molecule has 1 atom stereocenters.